The van der Waals surface area contributed by atoms with Crippen molar-refractivity contribution in [2.75, 3.05) is 20.2 Å². The van der Waals surface area contributed by atoms with Crippen LogP contribution < -0.4 is 4.74 Å². The zero-order valence-corrected chi connectivity index (χ0v) is 20.1. The Morgan fingerprint density at radius 2 is 1.94 bits per heavy atom. The number of nitrogens with zero attached hydrogens (tertiary/aromatic N) is 3. The van der Waals surface area contributed by atoms with Gasteiger partial charge < -0.3 is 19.1 Å². The first kappa shape index (κ1) is 25.7. The number of rotatable bonds is 4. The van der Waals surface area contributed by atoms with Crippen LogP contribution in [-0.2, 0) is 29.2 Å². The van der Waals surface area contributed by atoms with E-state index >= 15 is 0 Å². The van der Waals surface area contributed by atoms with E-state index in [1.807, 2.05) is 18.3 Å². The maximum absolute atomic E-state index is 10.6. The molecule has 1 spiro atoms. The van der Waals surface area contributed by atoms with Crippen LogP contribution in [0.3, 0.4) is 0 Å². The standard InChI is InChI=1S/C24H27N3O2.C2HF3O2/c1-18-5-3-6-19(11-18)14-26-10-9-24(16-26)17-27-22(13-25-23(27)15-29-24)20-7-4-8-21(12-20)28-2;3-2(4,5)1(6)7/h3-8,11-13H,9-10,14-17H2,1-2H3;(H,6,7). The highest BCUT2D eigenvalue weighted by molar-refractivity contribution is 5.73. The molecule has 2 aliphatic rings. The third-order valence-corrected chi connectivity index (χ3v) is 6.38. The van der Waals surface area contributed by atoms with Gasteiger partial charge in [-0.3, -0.25) is 4.90 Å². The van der Waals surface area contributed by atoms with Gasteiger partial charge in [0.2, 0.25) is 0 Å². The molecule has 7 nitrogen and oxygen atoms in total. The summed E-state index contributed by atoms with van der Waals surface area (Å²) >= 11 is 0. The zero-order valence-electron chi connectivity index (χ0n) is 20.1. The Morgan fingerprint density at radius 3 is 2.64 bits per heavy atom. The monoisotopic (exact) mass is 503 g/mol. The lowest BCUT2D eigenvalue weighted by molar-refractivity contribution is -0.192. The maximum Gasteiger partial charge on any atom is 0.490 e. The van der Waals surface area contributed by atoms with Gasteiger partial charge in [0.25, 0.3) is 0 Å². The molecule has 5 rings (SSSR count). The summed E-state index contributed by atoms with van der Waals surface area (Å²) in [6.45, 7) is 6.57. The third-order valence-electron chi connectivity index (χ3n) is 6.38. The number of ether oxygens (including phenoxy) is 2. The van der Waals surface area contributed by atoms with Crippen molar-refractivity contribution < 1.29 is 32.5 Å². The van der Waals surface area contributed by atoms with E-state index < -0.39 is 12.1 Å². The summed E-state index contributed by atoms with van der Waals surface area (Å²) in [6, 6.07) is 17.0. The summed E-state index contributed by atoms with van der Waals surface area (Å²) < 4.78 is 45.9. The molecular formula is C26H28F3N3O4. The number of aromatic nitrogens is 2. The van der Waals surface area contributed by atoms with E-state index in [2.05, 4.69) is 57.8 Å². The second kappa shape index (κ2) is 10.3. The number of carbonyl (C=O) groups is 1. The minimum atomic E-state index is -5.08. The number of aryl methyl sites for hydroxylation is 1. The van der Waals surface area contributed by atoms with E-state index in [1.165, 1.54) is 11.1 Å². The van der Waals surface area contributed by atoms with Crippen LogP contribution in [0.1, 0.15) is 23.4 Å². The van der Waals surface area contributed by atoms with Gasteiger partial charge in [-0.1, -0.05) is 42.0 Å². The van der Waals surface area contributed by atoms with Crippen molar-refractivity contribution >= 4 is 5.97 Å². The summed E-state index contributed by atoms with van der Waals surface area (Å²) in [5, 5.41) is 7.12. The van der Waals surface area contributed by atoms with Gasteiger partial charge in [0.15, 0.2) is 0 Å². The van der Waals surface area contributed by atoms with Crippen LogP contribution in [0.15, 0.2) is 54.7 Å². The first-order valence-electron chi connectivity index (χ1n) is 11.5. The normalized spacial score (nSPS) is 19.5. The summed E-state index contributed by atoms with van der Waals surface area (Å²) in [4.78, 5) is 16.0. The van der Waals surface area contributed by atoms with Crippen molar-refractivity contribution in [3.05, 3.63) is 71.7 Å². The minimum absolute atomic E-state index is 0.134. The molecule has 0 radical (unpaired) electrons. The van der Waals surface area contributed by atoms with E-state index in [0.29, 0.717) is 6.61 Å². The number of hydrogen-bond donors (Lipinski definition) is 1. The number of carboxylic acid groups (broad SMARTS) is 1. The summed E-state index contributed by atoms with van der Waals surface area (Å²) in [7, 11) is 1.70. The predicted molar refractivity (Wildman–Crippen MR) is 126 cm³/mol. The Morgan fingerprint density at radius 1 is 1.19 bits per heavy atom. The smallest absolute Gasteiger partial charge is 0.490 e. The van der Waals surface area contributed by atoms with Crippen LogP contribution in [0, 0.1) is 6.92 Å². The van der Waals surface area contributed by atoms with Gasteiger partial charge in [-0.05, 0) is 31.0 Å². The molecule has 0 aliphatic carbocycles. The van der Waals surface area contributed by atoms with Crippen LogP contribution in [0.5, 0.6) is 5.75 Å². The van der Waals surface area contributed by atoms with Crippen molar-refractivity contribution in [2.24, 2.45) is 0 Å². The van der Waals surface area contributed by atoms with E-state index in [-0.39, 0.29) is 5.60 Å². The second-order valence-electron chi connectivity index (χ2n) is 9.10. The van der Waals surface area contributed by atoms with Crippen molar-refractivity contribution in [1.82, 2.24) is 14.5 Å². The third kappa shape index (κ3) is 5.88. The topological polar surface area (TPSA) is 76.8 Å². The lowest BCUT2D eigenvalue weighted by Gasteiger charge is -2.35. The fourth-order valence-corrected chi connectivity index (χ4v) is 4.65. The molecule has 1 aromatic heterocycles. The molecule has 0 saturated carbocycles. The van der Waals surface area contributed by atoms with Crippen LogP contribution in [0.2, 0.25) is 0 Å². The lowest BCUT2D eigenvalue weighted by atomic mass is 10.0. The van der Waals surface area contributed by atoms with Crippen LogP contribution in [0.25, 0.3) is 11.3 Å². The Kier molecular flexibility index (Phi) is 7.37. The highest BCUT2D eigenvalue weighted by Crippen LogP contribution is 2.36. The SMILES string of the molecule is COc1cccc(-c2cnc3n2CC2(CCN(Cc4cccc(C)c4)C2)OC3)c1.O=C(O)C(F)(F)F. The number of hydrogen-bond acceptors (Lipinski definition) is 5. The fraction of sp³-hybridized carbons (Fsp3) is 0.385. The zero-order chi connectivity index (χ0) is 25.9. The number of methoxy groups -OCH3 is 1. The molecule has 2 aliphatic heterocycles. The first-order valence-corrected chi connectivity index (χ1v) is 11.5. The fourth-order valence-electron chi connectivity index (χ4n) is 4.65. The molecule has 3 aromatic rings. The molecule has 1 N–H and O–H groups in total. The molecule has 10 heteroatoms. The number of halogens is 3. The van der Waals surface area contributed by atoms with Crippen molar-refractivity contribution in [3.8, 4) is 17.0 Å². The minimum Gasteiger partial charge on any atom is -0.497 e. The average Bonchev–Trinajstić information content (AvgIpc) is 3.43. The molecule has 192 valence electrons. The highest BCUT2D eigenvalue weighted by atomic mass is 19.4. The molecule has 0 bridgehead atoms. The molecule has 1 atom stereocenters. The second-order valence-corrected chi connectivity index (χ2v) is 9.10. The number of likely N-dealkylation sites (tertiary alicyclic amines) is 1. The van der Waals surface area contributed by atoms with Crippen LogP contribution in [0.4, 0.5) is 13.2 Å². The van der Waals surface area contributed by atoms with E-state index in [9.17, 15) is 13.2 Å². The van der Waals surface area contributed by atoms with Gasteiger partial charge in [0.05, 0.1) is 25.5 Å². The van der Waals surface area contributed by atoms with Crippen molar-refractivity contribution in [1.29, 1.82) is 0 Å². The molecule has 1 unspecified atom stereocenters. The van der Waals surface area contributed by atoms with Crippen LogP contribution in [-0.4, -0.2) is 57.5 Å². The molecule has 0 amide bonds. The summed E-state index contributed by atoms with van der Waals surface area (Å²) in [6.07, 6.45) is -2.07. The van der Waals surface area contributed by atoms with Crippen molar-refractivity contribution in [2.45, 2.75) is 44.8 Å². The molecular weight excluding hydrogens is 475 g/mol. The van der Waals surface area contributed by atoms with E-state index in [0.717, 1.165) is 55.4 Å². The molecule has 1 saturated heterocycles. The number of aliphatic carboxylic acids is 1. The summed E-state index contributed by atoms with van der Waals surface area (Å²) in [5.74, 6) is -0.886. The number of imidazole rings is 1. The number of carboxylic acids is 1. The van der Waals surface area contributed by atoms with Gasteiger partial charge in [0.1, 0.15) is 23.8 Å². The molecule has 1 fully saturated rings. The van der Waals surface area contributed by atoms with Gasteiger partial charge in [-0.25, -0.2) is 9.78 Å². The van der Waals surface area contributed by atoms with Gasteiger partial charge in [0, 0.05) is 25.2 Å². The average molecular weight is 504 g/mol. The highest BCUT2D eigenvalue weighted by Gasteiger charge is 2.43. The Hall–Kier alpha value is -3.37. The number of benzene rings is 2. The Balaban J connectivity index is 0.000000384. The van der Waals surface area contributed by atoms with Crippen LogP contribution >= 0.6 is 0 Å². The van der Waals surface area contributed by atoms with E-state index in [1.54, 1.807) is 7.11 Å². The first-order chi connectivity index (χ1) is 17.1. The lowest BCUT2D eigenvalue weighted by Crippen LogP contribution is -2.44. The number of alkyl halides is 3. The van der Waals surface area contributed by atoms with Crippen molar-refractivity contribution in [3.63, 3.8) is 0 Å². The molecule has 3 heterocycles. The van der Waals surface area contributed by atoms with E-state index in [4.69, 9.17) is 19.4 Å². The Labute approximate surface area is 207 Å². The van der Waals surface area contributed by atoms with Gasteiger partial charge in [-0.15, -0.1) is 0 Å². The molecule has 36 heavy (non-hydrogen) atoms. The largest absolute Gasteiger partial charge is 0.497 e. The predicted octanol–water partition coefficient (Wildman–Crippen LogP) is 4.68. The van der Waals surface area contributed by atoms with Gasteiger partial charge in [-0.2, -0.15) is 13.2 Å². The Bertz CT molecular complexity index is 1230. The number of fused-ring (bicyclic) bond motifs is 1. The quantitative estimate of drug-likeness (QED) is 0.558. The maximum atomic E-state index is 10.6. The summed E-state index contributed by atoms with van der Waals surface area (Å²) in [5.41, 5.74) is 4.83. The van der Waals surface area contributed by atoms with Gasteiger partial charge >= 0.3 is 12.1 Å². The molecule has 2 aromatic carbocycles.